The minimum absolute atomic E-state index is 0.0313. The van der Waals surface area contributed by atoms with Gasteiger partial charge in [0, 0.05) is 26.2 Å². The van der Waals surface area contributed by atoms with E-state index in [1.54, 1.807) is 28.2 Å². The number of urea groups is 1. The summed E-state index contributed by atoms with van der Waals surface area (Å²) in [6.07, 6.45) is 1.68. The Morgan fingerprint density at radius 3 is 2.95 bits per heavy atom. The van der Waals surface area contributed by atoms with Gasteiger partial charge in [0.25, 0.3) is 0 Å². The average Bonchev–Trinajstić information content (AvgIpc) is 2.97. The number of hydrogen-bond acceptors (Lipinski definition) is 3. The maximum atomic E-state index is 12.4. The van der Waals surface area contributed by atoms with E-state index in [2.05, 4.69) is 15.9 Å². The van der Waals surface area contributed by atoms with Gasteiger partial charge in [-0.1, -0.05) is 0 Å². The van der Waals surface area contributed by atoms with E-state index in [1.807, 2.05) is 11.4 Å². The number of thiophene rings is 1. The van der Waals surface area contributed by atoms with Crippen molar-refractivity contribution in [1.82, 2.24) is 9.80 Å². The summed E-state index contributed by atoms with van der Waals surface area (Å²) < 4.78 is 1.04. The molecule has 1 atom stereocenters. The molecule has 0 bridgehead atoms. The quantitative estimate of drug-likeness (QED) is 0.897. The summed E-state index contributed by atoms with van der Waals surface area (Å²) in [6, 6.07) is 1.74. The number of carbonyl (C=O) groups is 2. The van der Waals surface area contributed by atoms with Crippen molar-refractivity contribution < 1.29 is 14.7 Å². The number of hydrogen-bond donors (Lipinski definition) is 1. The highest BCUT2D eigenvalue weighted by Crippen LogP contribution is 2.24. The van der Waals surface area contributed by atoms with Crippen LogP contribution < -0.4 is 0 Å². The summed E-state index contributed by atoms with van der Waals surface area (Å²) in [6.45, 7) is 1.19. The third-order valence-corrected chi connectivity index (χ3v) is 4.95. The van der Waals surface area contributed by atoms with Crippen molar-refractivity contribution in [3.8, 4) is 0 Å². The van der Waals surface area contributed by atoms with Crippen LogP contribution in [0, 0.1) is 0 Å². The fraction of sp³-hybridized carbons (Fsp3) is 0.538. The van der Waals surface area contributed by atoms with Crippen LogP contribution in [0.5, 0.6) is 0 Å². The minimum atomic E-state index is -0.848. The van der Waals surface area contributed by atoms with Crippen LogP contribution >= 0.6 is 27.3 Å². The van der Waals surface area contributed by atoms with Crippen molar-refractivity contribution in [3.63, 3.8) is 0 Å². The molecule has 2 heterocycles. The third-order valence-electron chi connectivity index (χ3n) is 3.40. The second-order valence-corrected chi connectivity index (χ2v) is 7.28. The molecule has 0 spiro atoms. The predicted octanol–water partition coefficient (Wildman–Crippen LogP) is 3.00. The molecular weight excluding hydrogens is 344 g/mol. The predicted molar refractivity (Wildman–Crippen MR) is 80.9 cm³/mol. The van der Waals surface area contributed by atoms with E-state index in [9.17, 15) is 9.59 Å². The number of carboxylic acid groups (broad SMARTS) is 1. The van der Waals surface area contributed by atoms with Crippen LogP contribution in [0.2, 0.25) is 0 Å². The molecule has 1 N–H and O–H groups in total. The Kier molecular flexibility index (Phi) is 5.04. The second-order valence-electron chi connectivity index (χ2n) is 4.99. The smallest absolute Gasteiger partial charge is 0.320 e. The highest BCUT2D eigenvalue weighted by molar-refractivity contribution is 9.11. The van der Waals surface area contributed by atoms with E-state index in [1.165, 1.54) is 0 Å². The summed E-state index contributed by atoms with van der Waals surface area (Å²) in [4.78, 5) is 26.6. The zero-order valence-corrected chi connectivity index (χ0v) is 13.6. The number of carboxylic acids is 1. The van der Waals surface area contributed by atoms with Crippen molar-refractivity contribution in [2.75, 3.05) is 13.6 Å². The van der Waals surface area contributed by atoms with E-state index < -0.39 is 5.97 Å². The third kappa shape index (κ3) is 3.73. The van der Waals surface area contributed by atoms with Gasteiger partial charge in [-0.05, 0) is 45.8 Å². The maximum absolute atomic E-state index is 12.4. The number of rotatable bonds is 4. The van der Waals surface area contributed by atoms with Gasteiger partial charge < -0.3 is 14.9 Å². The second kappa shape index (κ2) is 6.58. The van der Waals surface area contributed by atoms with Gasteiger partial charge in [0.15, 0.2) is 0 Å². The molecule has 0 aliphatic carbocycles. The lowest BCUT2D eigenvalue weighted by atomic mass is 10.1. The minimum Gasteiger partial charge on any atom is -0.481 e. The number of aliphatic carboxylic acids is 1. The molecule has 1 aliphatic heterocycles. The van der Waals surface area contributed by atoms with Crippen LogP contribution in [0.15, 0.2) is 15.2 Å². The highest BCUT2D eigenvalue weighted by atomic mass is 79.9. The van der Waals surface area contributed by atoms with Crippen LogP contribution in [0.4, 0.5) is 4.79 Å². The van der Waals surface area contributed by atoms with Gasteiger partial charge in [-0.2, -0.15) is 0 Å². The standard InChI is InChI=1S/C13H17BrN2O3S/c1-15(7-9-5-11(14)20-8-9)13(19)16-4-2-3-10(16)6-12(17)18/h5,8,10H,2-4,6-7H2,1H3,(H,17,18). The maximum Gasteiger partial charge on any atom is 0.320 e. The van der Waals surface area contributed by atoms with Crippen molar-refractivity contribution in [2.24, 2.45) is 0 Å². The molecule has 1 aromatic heterocycles. The lowest BCUT2D eigenvalue weighted by Crippen LogP contribution is -2.44. The molecule has 2 amide bonds. The summed E-state index contributed by atoms with van der Waals surface area (Å²) in [5, 5.41) is 10.9. The Bertz CT molecular complexity index is 506. The fourth-order valence-electron chi connectivity index (χ4n) is 2.49. The Morgan fingerprint density at radius 1 is 1.60 bits per heavy atom. The molecule has 0 radical (unpaired) electrons. The van der Waals surface area contributed by atoms with Crippen LogP contribution in [0.1, 0.15) is 24.8 Å². The largest absolute Gasteiger partial charge is 0.481 e. The molecule has 1 fully saturated rings. The van der Waals surface area contributed by atoms with Gasteiger partial charge in [0.1, 0.15) is 0 Å². The summed E-state index contributed by atoms with van der Waals surface area (Å²) in [5.41, 5.74) is 1.08. The topological polar surface area (TPSA) is 60.9 Å². The molecule has 2 rings (SSSR count). The lowest BCUT2D eigenvalue weighted by molar-refractivity contribution is -0.138. The van der Waals surface area contributed by atoms with Crippen molar-refractivity contribution in [3.05, 3.63) is 20.8 Å². The first-order chi connectivity index (χ1) is 9.47. The average molecular weight is 361 g/mol. The van der Waals surface area contributed by atoms with Crippen LogP contribution in [-0.4, -0.2) is 46.5 Å². The lowest BCUT2D eigenvalue weighted by Gasteiger charge is -2.28. The van der Waals surface area contributed by atoms with Crippen molar-refractivity contribution >= 4 is 39.3 Å². The Morgan fingerprint density at radius 2 is 2.35 bits per heavy atom. The zero-order valence-electron chi connectivity index (χ0n) is 11.2. The molecule has 110 valence electrons. The molecule has 20 heavy (non-hydrogen) atoms. The fourth-order valence-corrected chi connectivity index (χ4v) is 3.69. The van der Waals surface area contributed by atoms with Gasteiger partial charge in [0.05, 0.1) is 10.2 Å². The van der Waals surface area contributed by atoms with E-state index in [0.717, 1.165) is 22.2 Å². The van der Waals surface area contributed by atoms with Gasteiger partial charge in [0.2, 0.25) is 0 Å². The normalized spacial score (nSPS) is 18.3. The molecular formula is C13H17BrN2O3S. The van der Waals surface area contributed by atoms with Crippen LogP contribution in [-0.2, 0) is 11.3 Å². The zero-order chi connectivity index (χ0) is 14.7. The summed E-state index contributed by atoms with van der Waals surface area (Å²) >= 11 is 4.99. The highest BCUT2D eigenvalue weighted by Gasteiger charge is 2.32. The SMILES string of the molecule is CN(Cc1csc(Br)c1)C(=O)N1CCCC1CC(=O)O. The van der Waals surface area contributed by atoms with Gasteiger partial charge >= 0.3 is 12.0 Å². The number of halogens is 1. The van der Waals surface area contributed by atoms with Crippen molar-refractivity contribution in [2.45, 2.75) is 31.8 Å². The number of carbonyl (C=O) groups excluding carboxylic acids is 1. The van der Waals surface area contributed by atoms with E-state index in [4.69, 9.17) is 5.11 Å². The molecule has 5 nitrogen and oxygen atoms in total. The van der Waals surface area contributed by atoms with Gasteiger partial charge in [-0.15, -0.1) is 11.3 Å². The van der Waals surface area contributed by atoms with Crippen LogP contribution in [0.25, 0.3) is 0 Å². The molecule has 1 saturated heterocycles. The first kappa shape index (κ1) is 15.3. The van der Waals surface area contributed by atoms with Gasteiger partial charge in [-0.25, -0.2) is 4.79 Å². The Balaban J connectivity index is 1.97. The molecule has 1 aliphatic rings. The van der Waals surface area contributed by atoms with E-state index in [0.29, 0.717) is 13.1 Å². The molecule has 0 saturated carbocycles. The number of likely N-dealkylation sites (tertiary alicyclic amines) is 1. The summed E-state index contributed by atoms with van der Waals surface area (Å²) in [7, 11) is 1.75. The molecule has 1 unspecified atom stereocenters. The van der Waals surface area contributed by atoms with Crippen LogP contribution in [0.3, 0.4) is 0 Å². The monoisotopic (exact) mass is 360 g/mol. The molecule has 7 heteroatoms. The Hall–Kier alpha value is -1.08. The van der Waals surface area contributed by atoms with Crippen molar-refractivity contribution in [1.29, 1.82) is 0 Å². The summed E-state index contributed by atoms with van der Waals surface area (Å²) in [5.74, 6) is -0.848. The van der Waals surface area contributed by atoms with E-state index >= 15 is 0 Å². The first-order valence-corrected chi connectivity index (χ1v) is 8.11. The van der Waals surface area contributed by atoms with Gasteiger partial charge in [-0.3, -0.25) is 4.79 Å². The Labute approximate surface area is 130 Å². The number of amides is 2. The molecule has 0 aromatic carbocycles. The van der Waals surface area contributed by atoms with E-state index in [-0.39, 0.29) is 18.5 Å². The number of nitrogens with zero attached hydrogens (tertiary/aromatic N) is 2. The first-order valence-electron chi connectivity index (χ1n) is 6.44. The molecule has 1 aromatic rings.